The van der Waals surface area contributed by atoms with Crippen molar-refractivity contribution >= 4 is 45.0 Å². The smallest absolute Gasteiger partial charge is 0.323 e. The molecule has 4 fully saturated rings. The van der Waals surface area contributed by atoms with Crippen LogP contribution in [0, 0.1) is 18.2 Å². The molecule has 1 aliphatic carbocycles. The molecule has 4 aliphatic rings. The maximum Gasteiger partial charge on any atom is 0.323 e. The molecule has 0 unspecified atom stereocenters. The number of piperidine rings is 3. The molecular weight excluding hydrogens is 589 g/mol. The molecule has 4 heterocycles. The van der Waals surface area contributed by atoms with E-state index < -0.39 is 39.4 Å². The number of rotatable bonds is 9. The highest BCUT2D eigenvalue weighted by molar-refractivity contribution is 7.93. The topological polar surface area (TPSA) is 134 Å². The predicted molar refractivity (Wildman–Crippen MR) is 155 cm³/mol. The standard InChI is InChI=1S/C28H35F3N6O5S/c1-4-42-23(38)16-43(40,41)35-18-12-20(29)24(21(13-18)37-10-5-27(3)14-19(37)15-27)25(39)33-22-11-17(2)32-26(34-22)36-8-6-28(30,31)7-9-36/h11-13,19,35H,4-10,14-16H2,1-3H3,(H,32,33,34,39). The lowest BCUT2D eigenvalue weighted by molar-refractivity contribution is -0.139. The van der Waals surface area contributed by atoms with Crippen LogP contribution in [-0.4, -0.2) is 74.2 Å². The predicted octanol–water partition coefficient (Wildman–Crippen LogP) is 4.10. The number of nitrogens with zero attached hydrogens (tertiary/aromatic N) is 4. The van der Waals surface area contributed by atoms with Gasteiger partial charge in [-0.2, -0.15) is 4.98 Å². The molecule has 1 aromatic heterocycles. The van der Waals surface area contributed by atoms with E-state index in [9.17, 15) is 26.8 Å². The molecule has 1 amide bonds. The molecule has 234 valence electrons. The fraction of sp³-hybridized carbons (Fsp3) is 0.571. The molecular formula is C28H35F3N6O5S. The van der Waals surface area contributed by atoms with Crippen LogP contribution in [0.15, 0.2) is 18.2 Å². The molecule has 2 N–H and O–H groups in total. The third kappa shape index (κ3) is 6.97. The van der Waals surface area contributed by atoms with Gasteiger partial charge in [-0.25, -0.2) is 26.6 Å². The first kappa shape index (κ1) is 30.8. The van der Waals surface area contributed by atoms with E-state index >= 15 is 4.39 Å². The van der Waals surface area contributed by atoms with Crippen LogP contribution in [0.25, 0.3) is 0 Å². The lowest BCUT2D eigenvalue weighted by atomic mass is 9.61. The van der Waals surface area contributed by atoms with E-state index in [1.807, 2.05) is 4.90 Å². The number of esters is 1. The number of ether oxygens (including phenoxy) is 1. The van der Waals surface area contributed by atoms with Crippen molar-refractivity contribution in [1.82, 2.24) is 9.97 Å². The van der Waals surface area contributed by atoms with Crippen molar-refractivity contribution in [2.45, 2.75) is 64.8 Å². The van der Waals surface area contributed by atoms with Gasteiger partial charge in [-0.3, -0.25) is 14.3 Å². The molecule has 0 spiro atoms. The normalized spacial score (nSPS) is 22.9. The Bertz CT molecular complexity index is 1520. The minimum atomic E-state index is -4.22. The summed E-state index contributed by atoms with van der Waals surface area (Å²) in [6, 6.07) is 3.82. The van der Waals surface area contributed by atoms with Gasteiger partial charge < -0.3 is 19.9 Å². The largest absolute Gasteiger partial charge is 0.465 e. The van der Waals surface area contributed by atoms with Gasteiger partial charge in [0.2, 0.25) is 16.0 Å². The first-order valence-electron chi connectivity index (χ1n) is 14.2. The summed E-state index contributed by atoms with van der Waals surface area (Å²) in [6.07, 6.45) is 1.82. The van der Waals surface area contributed by atoms with Gasteiger partial charge in [0.1, 0.15) is 11.6 Å². The molecule has 0 atom stereocenters. The number of carbonyl (C=O) groups is 2. The van der Waals surface area contributed by atoms with Gasteiger partial charge in [-0.05, 0) is 50.7 Å². The second kappa shape index (κ2) is 11.5. The highest BCUT2D eigenvalue weighted by atomic mass is 32.2. The van der Waals surface area contributed by atoms with Gasteiger partial charge in [0.25, 0.3) is 11.8 Å². The van der Waals surface area contributed by atoms with Crippen molar-refractivity contribution in [3.05, 3.63) is 35.3 Å². The van der Waals surface area contributed by atoms with E-state index in [0.29, 0.717) is 12.2 Å². The summed E-state index contributed by atoms with van der Waals surface area (Å²) in [7, 11) is -4.22. The number of halogens is 3. The molecule has 43 heavy (non-hydrogen) atoms. The fourth-order valence-electron chi connectivity index (χ4n) is 6.04. The Balaban J connectivity index is 1.44. The Morgan fingerprint density at radius 1 is 1.09 bits per heavy atom. The van der Waals surface area contributed by atoms with Crippen LogP contribution < -0.4 is 19.8 Å². The SMILES string of the molecule is CCOC(=O)CS(=O)(=O)Nc1cc(F)c(C(=O)Nc2cc(C)nc(N3CCC(F)(F)CC3)n2)c(N2CCC3(C)CC2C3)c1. The van der Waals surface area contributed by atoms with Crippen molar-refractivity contribution < 1.29 is 35.9 Å². The average Bonchev–Trinajstić information content (AvgIpc) is 2.87. The lowest BCUT2D eigenvalue weighted by Gasteiger charge is -2.57. The van der Waals surface area contributed by atoms with Gasteiger partial charge in [-0.1, -0.05) is 6.92 Å². The van der Waals surface area contributed by atoms with Crippen LogP contribution in [0.3, 0.4) is 0 Å². The van der Waals surface area contributed by atoms with Gasteiger partial charge in [0.05, 0.1) is 23.5 Å². The number of hydrogen-bond donors (Lipinski definition) is 2. The van der Waals surface area contributed by atoms with E-state index in [4.69, 9.17) is 4.74 Å². The van der Waals surface area contributed by atoms with Crippen LogP contribution in [0.4, 0.5) is 36.3 Å². The molecule has 11 nitrogen and oxygen atoms in total. The summed E-state index contributed by atoms with van der Waals surface area (Å²) < 4.78 is 75.3. The number of fused-ring (bicyclic) bond motifs is 2. The van der Waals surface area contributed by atoms with Crippen molar-refractivity contribution in [1.29, 1.82) is 0 Å². The second-order valence-electron chi connectivity index (χ2n) is 11.8. The van der Waals surface area contributed by atoms with E-state index in [-0.39, 0.29) is 72.7 Å². The zero-order chi connectivity index (χ0) is 31.2. The molecule has 0 radical (unpaired) electrons. The summed E-state index contributed by atoms with van der Waals surface area (Å²) in [4.78, 5) is 37.6. The number of anilines is 4. The van der Waals surface area contributed by atoms with E-state index in [1.54, 1.807) is 18.7 Å². The van der Waals surface area contributed by atoms with Crippen LogP contribution >= 0.6 is 0 Å². The molecule has 2 bridgehead atoms. The van der Waals surface area contributed by atoms with Crippen molar-refractivity contribution in [3.63, 3.8) is 0 Å². The highest BCUT2D eigenvalue weighted by Crippen LogP contribution is 2.52. The van der Waals surface area contributed by atoms with E-state index in [1.165, 1.54) is 12.1 Å². The zero-order valence-electron chi connectivity index (χ0n) is 24.3. The maximum atomic E-state index is 15.8. The van der Waals surface area contributed by atoms with Gasteiger partial charge in [0, 0.05) is 50.3 Å². The van der Waals surface area contributed by atoms with Crippen molar-refractivity contribution in [3.8, 4) is 0 Å². The number of hydrogen-bond acceptors (Lipinski definition) is 9. The number of nitrogens with one attached hydrogen (secondary N) is 2. The van der Waals surface area contributed by atoms with Crippen molar-refractivity contribution in [2.75, 3.05) is 51.8 Å². The molecule has 3 saturated heterocycles. The third-order valence-corrected chi connectivity index (χ3v) is 9.37. The second-order valence-corrected chi connectivity index (χ2v) is 13.5. The number of aromatic nitrogens is 2. The Kier molecular flexibility index (Phi) is 8.22. The third-order valence-electron chi connectivity index (χ3n) is 8.21. The Labute approximate surface area is 248 Å². The fourth-order valence-corrected chi connectivity index (χ4v) is 6.98. The number of benzene rings is 1. The summed E-state index contributed by atoms with van der Waals surface area (Å²) in [5, 5.41) is 2.63. The van der Waals surface area contributed by atoms with Gasteiger partial charge >= 0.3 is 5.97 Å². The number of alkyl halides is 2. The molecule has 1 saturated carbocycles. The first-order valence-corrected chi connectivity index (χ1v) is 15.9. The lowest BCUT2D eigenvalue weighted by Crippen LogP contribution is -2.57. The minimum Gasteiger partial charge on any atom is -0.465 e. The highest BCUT2D eigenvalue weighted by Gasteiger charge is 2.48. The summed E-state index contributed by atoms with van der Waals surface area (Å²) in [6.45, 7) is 6.03. The minimum absolute atomic E-state index is 0.00747. The molecule has 2 aromatic rings. The number of sulfonamides is 1. The molecule has 6 rings (SSSR count). The summed E-state index contributed by atoms with van der Waals surface area (Å²) in [5.41, 5.74) is 0.438. The molecule has 3 aliphatic heterocycles. The first-order chi connectivity index (χ1) is 20.2. The van der Waals surface area contributed by atoms with Crippen LogP contribution in [-0.2, 0) is 19.6 Å². The van der Waals surface area contributed by atoms with Crippen LogP contribution in [0.1, 0.15) is 62.0 Å². The number of carbonyl (C=O) groups excluding carboxylic acids is 2. The Morgan fingerprint density at radius 2 is 1.79 bits per heavy atom. The quantitative estimate of drug-likeness (QED) is 0.396. The zero-order valence-corrected chi connectivity index (χ0v) is 25.1. The molecule has 15 heteroatoms. The summed E-state index contributed by atoms with van der Waals surface area (Å²) >= 11 is 0. The molecule has 1 aromatic carbocycles. The Morgan fingerprint density at radius 3 is 2.42 bits per heavy atom. The average molecular weight is 625 g/mol. The Hall–Kier alpha value is -3.62. The maximum absolute atomic E-state index is 15.8. The van der Waals surface area contributed by atoms with Crippen molar-refractivity contribution in [2.24, 2.45) is 5.41 Å². The van der Waals surface area contributed by atoms with Gasteiger partial charge in [0.15, 0.2) is 5.75 Å². The van der Waals surface area contributed by atoms with Crippen LogP contribution in [0.2, 0.25) is 0 Å². The van der Waals surface area contributed by atoms with E-state index in [2.05, 4.69) is 26.9 Å². The summed E-state index contributed by atoms with van der Waals surface area (Å²) in [5.74, 6) is -6.18. The van der Waals surface area contributed by atoms with Crippen LogP contribution in [0.5, 0.6) is 0 Å². The number of amides is 1. The monoisotopic (exact) mass is 624 g/mol. The van der Waals surface area contributed by atoms with Gasteiger partial charge in [-0.15, -0.1) is 0 Å². The van der Waals surface area contributed by atoms with E-state index in [0.717, 1.165) is 25.3 Å². The number of aryl methyl sites for hydroxylation is 1.